The molecule has 0 aliphatic carbocycles. The van der Waals surface area contributed by atoms with E-state index in [2.05, 4.69) is 29.6 Å². The van der Waals surface area contributed by atoms with Crippen molar-refractivity contribution in [3.63, 3.8) is 0 Å². The number of hydrogen-bond donors (Lipinski definition) is 1. The SMILES string of the molecule is COc1ccc(-n2nc(C3CCNCC3)c3ccccc32)cc1OC. The molecule has 1 N–H and O–H groups in total. The van der Waals surface area contributed by atoms with Crippen molar-refractivity contribution < 1.29 is 9.47 Å². The number of rotatable bonds is 4. The Kier molecular flexibility index (Phi) is 4.32. The molecule has 0 bridgehead atoms. The summed E-state index contributed by atoms with van der Waals surface area (Å²) in [6, 6.07) is 14.4. The number of nitrogens with one attached hydrogen (secondary N) is 1. The Bertz CT molecular complexity index is 882. The van der Waals surface area contributed by atoms with Crippen LogP contribution in [0, 0.1) is 0 Å². The van der Waals surface area contributed by atoms with Crippen LogP contribution in [0.2, 0.25) is 0 Å². The predicted molar refractivity (Wildman–Crippen MR) is 99.0 cm³/mol. The quantitative estimate of drug-likeness (QED) is 0.791. The second-order valence-electron chi connectivity index (χ2n) is 6.38. The molecule has 1 aliphatic heterocycles. The van der Waals surface area contributed by atoms with Crippen LogP contribution in [-0.2, 0) is 0 Å². The van der Waals surface area contributed by atoms with Gasteiger partial charge in [-0.15, -0.1) is 0 Å². The molecule has 5 heteroatoms. The van der Waals surface area contributed by atoms with E-state index >= 15 is 0 Å². The van der Waals surface area contributed by atoms with Crippen molar-refractivity contribution in [2.45, 2.75) is 18.8 Å². The van der Waals surface area contributed by atoms with Crippen LogP contribution < -0.4 is 14.8 Å². The van der Waals surface area contributed by atoms with Crippen molar-refractivity contribution in [3.05, 3.63) is 48.2 Å². The zero-order valence-electron chi connectivity index (χ0n) is 14.7. The molecular formula is C20H23N3O2. The normalized spacial score (nSPS) is 15.4. The van der Waals surface area contributed by atoms with Crippen molar-refractivity contribution in [1.29, 1.82) is 0 Å². The number of ether oxygens (including phenoxy) is 2. The first kappa shape index (κ1) is 16.0. The Hall–Kier alpha value is -2.53. The summed E-state index contributed by atoms with van der Waals surface area (Å²) >= 11 is 0. The molecule has 4 rings (SSSR count). The minimum Gasteiger partial charge on any atom is -0.493 e. The second kappa shape index (κ2) is 6.76. The molecule has 0 unspecified atom stereocenters. The van der Waals surface area contributed by atoms with E-state index in [1.165, 1.54) is 11.1 Å². The lowest BCUT2D eigenvalue weighted by atomic mass is 9.93. The minimum atomic E-state index is 0.507. The molecule has 2 aromatic carbocycles. The molecule has 3 aromatic rings. The molecule has 0 saturated carbocycles. The lowest BCUT2D eigenvalue weighted by Gasteiger charge is -2.21. The van der Waals surface area contributed by atoms with Crippen LogP contribution in [0.4, 0.5) is 0 Å². The number of methoxy groups -OCH3 is 2. The van der Waals surface area contributed by atoms with Gasteiger partial charge in [0.25, 0.3) is 0 Å². The number of piperidine rings is 1. The van der Waals surface area contributed by atoms with Crippen LogP contribution in [0.15, 0.2) is 42.5 Å². The van der Waals surface area contributed by atoms with Crippen LogP contribution in [0.5, 0.6) is 11.5 Å². The summed E-state index contributed by atoms with van der Waals surface area (Å²) in [5.41, 5.74) is 3.31. The Morgan fingerprint density at radius 3 is 2.52 bits per heavy atom. The fourth-order valence-corrected chi connectivity index (χ4v) is 3.64. The highest BCUT2D eigenvalue weighted by atomic mass is 16.5. The number of benzene rings is 2. The highest BCUT2D eigenvalue weighted by Gasteiger charge is 2.22. The Labute approximate surface area is 147 Å². The number of nitrogens with zero attached hydrogens (tertiary/aromatic N) is 2. The van der Waals surface area contributed by atoms with Crippen molar-refractivity contribution >= 4 is 10.9 Å². The summed E-state index contributed by atoms with van der Waals surface area (Å²) in [6.07, 6.45) is 2.26. The summed E-state index contributed by atoms with van der Waals surface area (Å²) in [4.78, 5) is 0. The van der Waals surface area contributed by atoms with Crippen molar-refractivity contribution in [2.75, 3.05) is 27.3 Å². The average molecular weight is 337 g/mol. The summed E-state index contributed by atoms with van der Waals surface area (Å²) in [6.45, 7) is 2.12. The zero-order valence-corrected chi connectivity index (χ0v) is 14.7. The molecule has 1 aliphatic rings. The van der Waals surface area contributed by atoms with Gasteiger partial charge in [-0.05, 0) is 44.1 Å². The smallest absolute Gasteiger partial charge is 0.162 e. The predicted octanol–water partition coefficient (Wildman–Crippen LogP) is 3.51. The standard InChI is InChI=1S/C20H23N3O2/c1-24-18-8-7-15(13-19(18)25-2)23-17-6-4-3-5-16(17)20(22-23)14-9-11-21-12-10-14/h3-8,13-14,21H,9-12H2,1-2H3. The first-order valence-corrected chi connectivity index (χ1v) is 8.72. The van der Waals surface area contributed by atoms with Gasteiger partial charge in [0.05, 0.1) is 31.1 Å². The van der Waals surface area contributed by atoms with Gasteiger partial charge in [0, 0.05) is 17.4 Å². The van der Waals surface area contributed by atoms with Gasteiger partial charge in [-0.1, -0.05) is 18.2 Å². The van der Waals surface area contributed by atoms with Crippen LogP contribution >= 0.6 is 0 Å². The topological polar surface area (TPSA) is 48.3 Å². The summed E-state index contributed by atoms with van der Waals surface area (Å²) < 4.78 is 12.8. The monoisotopic (exact) mass is 337 g/mol. The van der Waals surface area contributed by atoms with Gasteiger partial charge in [0.1, 0.15) is 0 Å². The van der Waals surface area contributed by atoms with E-state index < -0.39 is 0 Å². The molecule has 1 aromatic heterocycles. The molecule has 25 heavy (non-hydrogen) atoms. The second-order valence-corrected chi connectivity index (χ2v) is 6.38. The van der Waals surface area contributed by atoms with Crippen LogP contribution in [0.3, 0.4) is 0 Å². The molecule has 5 nitrogen and oxygen atoms in total. The summed E-state index contributed by atoms with van der Waals surface area (Å²) in [5.74, 6) is 1.94. The van der Waals surface area contributed by atoms with Gasteiger partial charge in [0.15, 0.2) is 11.5 Å². The largest absolute Gasteiger partial charge is 0.493 e. The van der Waals surface area contributed by atoms with Gasteiger partial charge >= 0.3 is 0 Å². The lowest BCUT2D eigenvalue weighted by molar-refractivity contribution is 0.355. The van der Waals surface area contributed by atoms with E-state index in [4.69, 9.17) is 14.6 Å². The van der Waals surface area contributed by atoms with Crippen molar-refractivity contribution in [1.82, 2.24) is 15.1 Å². The maximum absolute atomic E-state index is 5.46. The highest BCUT2D eigenvalue weighted by Crippen LogP contribution is 2.34. The van der Waals surface area contributed by atoms with Gasteiger partial charge in [0.2, 0.25) is 0 Å². The molecule has 1 saturated heterocycles. The Morgan fingerprint density at radius 2 is 1.76 bits per heavy atom. The van der Waals surface area contributed by atoms with E-state index in [-0.39, 0.29) is 0 Å². The third-order valence-corrected chi connectivity index (χ3v) is 4.95. The fraction of sp³-hybridized carbons (Fsp3) is 0.350. The van der Waals surface area contributed by atoms with Gasteiger partial charge in [-0.3, -0.25) is 0 Å². The number of aromatic nitrogens is 2. The third kappa shape index (κ3) is 2.85. The first-order chi connectivity index (χ1) is 12.3. The molecule has 0 spiro atoms. The number of hydrogen-bond acceptors (Lipinski definition) is 4. The fourth-order valence-electron chi connectivity index (χ4n) is 3.64. The zero-order chi connectivity index (χ0) is 17.2. The van der Waals surface area contributed by atoms with E-state index in [1.54, 1.807) is 14.2 Å². The molecule has 1 fully saturated rings. The summed E-state index contributed by atoms with van der Waals surface area (Å²) in [5, 5.41) is 9.68. The highest BCUT2D eigenvalue weighted by molar-refractivity contribution is 5.84. The van der Waals surface area contributed by atoms with Gasteiger partial charge in [-0.2, -0.15) is 5.10 Å². The maximum atomic E-state index is 5.46. The van der Waals surface area contributed by atoms with E-state index in [0.29, 0.717) is 11.7 Å². The average Bonchev–Trinajstić information content (AvgIpc) is 3.08. The van der Waals surface area contributed by atoms with Crippen LogP contribution in [0.25, 0.3) is 16.6 Å². The van der Waals surface area contributed by atoms with Gasteiger partial charge in [-0.25, -0.2) is 4.68 Å². The molecule has 0 amide bonds. The Balaban J connectivity index is 1.85. The van der Waals surface area contributed by atoms with Crippen LogP contribution in [0.1, 0.15) is 24.5 Å². The van der Waals surface area contributed by atoms with E-state index in [0.717, 1.165) is 42.9 Å². The molecular weight excluding hydrogens is 314 g/mol. The van der Waals surface area contributed by atoms with Crippen molar-refractivity contribution in [2.24, 2.45) is 0 Å². The van der Waals surface area contributed by atoms with E-state index in [1.807, 2.05) is 22.9 Å². The summed E-state index contributed by atoms with van der Waals surface area (Å²) in [7, 11) is 3.30. The minimum absolute atomic E-state index is 0.507. The first-order valence-electron chi connectivity index (χ1n) is 8.72. The van der Waals surface area contributed by atoms with E-state index in [9.17, 15) is 0 Å². The number of para-hydroxylation sites is 1. The molecule has 0 radical (unpaired) electrons. The third-order valence-electron chi connectivity index (χ3n) is 4.95. The number of fused-ring (bicyclic) bond motifs is 1. The molecule has 2 heterocycles. The lowest BCUT2D eigenvalue weighted by Crippen LogP contribution is -2.26. The van der Waals surface area contributed by atoms with Crippen LogP contribution in [-0.4, -0.2) is 37.1 Å². The maximum Gasteiger partial charge on any atom is 0.162 e. The van der Waals surface area contributed by atoms with Crippen molar-refractivity contribution in [3.8, 4) is 17.2 Å². The van der Waals surface area contributed by atoms with Gasteiger partial charge < -0.3 is 14.8 Å². The molecule has 130 valence electrons. The Morgan fingerprint density at radius 1 is 1.00 bits per heavy atom. The molecule has 0 atom stereocenters.